The number of non-ortho nitro benzene ring substituents is 1. The van der Waals surface area contributed by atoms with E-state index in [-0.39, 0.29) is 34.5 Å². The lowest BCUT2D eigenvalue weighted by molar-refractivity contribution is -0.384. The number of carboxylic acid groups (broad SMARTS) is 1. The minimum Gasteiger partial charge on any atom is -0.493 e. The predicted molar refractivity (Wildman–Crippen MR) is 105 cm³/mol. The lowest BCUT2D eigenvalue weighted by atomic mass is 10.1. The maximum absolute atomic E-state index is 11.3. The molecule has 152 valence electrons. The van der Waals surface area contributed by atoms with Crippen molar-refractivity contribution in [1.82, 2.24) is 5.32 Å². The van der Waals surface area contributed by atoms with Crippen LogP contribution in [0.2, 0.25) is 5.02 Å². The van der Waals surface area contributed by atoms with Gasteiger partial charge in [-0.25, -0.2) is 4.79 Å². The van der Waals surface area contributed by atoms with Crippen LogP contribution in [0.15, 0.2) is 42.1 Å². The number of nitrogens with zero attached hydrogens (tertiary/aromatic N) is 1. The number of hydrogen-bond acceptors (Lipinski definition) is 6. The normalized spacial score (nSPS) is 10.9. The summed E-state index contributed by atoms with van der Waals surface area (Å²) in [5.74, 6) is -1.37. The first-order valence-electron chi connectivity index (χ1n) is 8.17. The van der Waals surface area contributed by atoms with E-state index in [2.05, 4.69) is 5.32 Å². The summed E-state index contributed by atoms with van der Waals surface area (Å²) in [7, 11) is 1.39. The van der Waals surface area contributed by atoms with Crippen LogP contribution >= 0.6 is 11.6 Å². The second kappa shape index (κ2) is 9.56. The summed E-state index contributed by atoms with van der Waals surface area (Å²) in [4.78, 5) is 32.6. The molecule has 0 aliphatic carbocycles. The van der Waals surface area contributed by atoms with Crippen LogP contribution in [0.25, 0.3) is 6.08 Å². The molecule has 2 aromatic rings. The van der Waals surface area contributed by atoms with Crippen molar-refractivity contribution in [3.05, 3.63) is 68.4 Å². The molecule has 0 aliphatic heterocycles. The Morgan fingerprint density at radius 2 is 1.93 bits per heavy atom. The maximum Gasteiger partial charge on any atom is 0.352 e. The highest BCUT2D eigenvalue weighted by Crippen LogP contribution is 2.37. The number of halogens is 1. The molecule has 9 nitrogen and oxygen atoms in total. The highest BCUT2D eigenvalue weighted by atomic mass is 35.5. The summed E-state index contributed by atoms with van der Waals surface area (Å²) in [6.45, 7) is 1.27. The fourth-order valence-electron chi connectivity index (χ4n) is 2.34. The van der Waals surface area contributed by atoms with E-state index in [4.69, 9.17) is 21.1 Å². The Bertz CT molecular complexity index is 971. The third kappa shape index (κ3) is 5.94. The average molecular weight is 421 g/mol. The molecule has 2 aromatic carbocycles. The van der Waals surface area contributed by atoms with Crippen LogP contribution in [0.1, 0.15) is 18.1 Å². The Kier molecular flexibility index (Phi) is 7.15. The number of carbonyl (C=O) groups is 2. The highest BCUT2D eigenvalue weighted by molar-refractivity contribution is 6.32. The molecule has 0 atom stereocenters. The van der Waals surface area contributed by atoms with Crippen molar-refractivity contribution in [3.63, 3.8) is 0 Å². The molecule has 0 fully saturated rings. The second-order valence-corrected chi connectivity index (χ2v) is 6.20. The van der Waals surface area contributed by atoms with Crippen molar-refractivity contribution < 1.29 is 29.1 Å². The van der Waals surface area contributed by atoms with Gasteiger partial charge in [0.25, 0.3) is 5.69 Å². The van der Waals surface area contributed by atoms with Crippen LogP contribution in [0.4, 0.5) is 5.69 Å². The summed E-state index contributed by atoms with van der Waals surface area (Å²) >= 11 is 6.26. The van der Waals surface area contributed by atoms with Crippen molar-refractivity contribution in [3.8, 4) is 11.5 Å². The van der Waals surface area contributed by atoms with Gasteiger partial charge in [-0.1, -0.05) is 11.6 Å². The number of aliphatic carboxylic acids is 1. The zero-order chi connectivity index (χ0) is 21.6. The number of ether oxygens (including phenoxy) is 2. The van der Waals surface area contributed by atoms with E-state index < -0.39 is 16.8 Å². The summed E-state index contributed by atoms with van der Waals surface area (Å²) < 4.78 is 10.9. The number of carbonyl (C=O) groups excluding carboxylic acids is 1. The van der Waals surface area contributed by atoms with Crippen LogP contribution in [-0.2, 0) is 16.2 Å². The Morgan fingerprint density at radius 1 is 1.28 bits per heavy atom. The quantitative estimate of drug-likeness (QED) is 0.380. The summed E-state index contributed by atoms with van der Waals surface area (Å²) in [6, 6.07) is 8.80. The molecule has 0 unspecified atom stereocenters. The topological polar surface area (TPSA) is 128 Å². The molecule has 0 spiro atoms. The molecule has 0 radical (unpaired) electrons. The number of nitro benzene ring substituents is 1. The smallest absolute Gasteiger partial charge is 0.352 e. The molecule has 10 heteroatoms. The van der Waals surface area contributed by atoms with Crippen molar-refractivity contribution >= 4 is 35.2 Å². The fraction of sp³-hybridized carbons (Fsp3) is 0.158. The van der Waals surface area contributed by atoms with Gasteiger partial charge in [-0.3, -0.25) is 14.9 Å². The van der Waals surface area contributed by atoms with Gasteiger partial charge < -0.3 is 19.9 Å². The third-order valence-corrected chi connectivity index (χ3v) is 3.91. The number of amides is 1. The van der Waals surface area contributed by atoms with Gasteiger partial charge >= 0.3 is 5.97 Å². The lowest BCUT2D eigenvalue weighted by Crippen LogP contribution is -2.24. The number of nitrogens with one attached hydrogen (secondary N) is 1. The average Bonchev–Trinajstić information content (AvgIpc) is 2.66. The Balaban J connectivity index is 2.26. The number of hydrogen-bond donors (Lipinski definition) is 2. The molecule has 0 saturated carbocycles. The number of methoxy groups -OCH3 is 1. The molecular formula is C19H17ClN2O7. The van der Waals surface area contributed by atoms with Crippen molar-refractivity contribution in [2.45, 2.75) is 13.5 Å². The van der Waals surface area contributed by atoms with Crippen LogP contribution in [0.3, 0.4) is 0 Å². The first-order chi connectivity index (χ1) is 13.7. The zero-order valence-electron chi connectivity index (χ0n) is 15.5. The third-order valence-electron chi connectivity index (χ3n) is 3.63. The molecule has 2 rings (SSSR count). The monoisotopic (exact) mass is 420 g/mol. The van der Waals surface area contributed by atoms with Gasteiger partial charge in [0.05, 0.1) is 17.1 Å². The Hall–Kier alpha value is -3.59. The second-order valence-electron chi connectivity index (χ2n) is 5.79. The van der Waals surface area contributed by atoms with Crippen LogP contribution in [-0.4, -0.2) is 29.0 Å². The van der Waals surface area contributed by atoms with Gasteiger partial charge in [0.15, 0.2) is 11.5 Å². The first kappa shape index (κ1) is 21.7. The van der Waals surface area contributed by atoms with Gasteiger partial charge in [-0.05, 0) is 41.5 Å². The van der Waals surface area contributed by atoms with E-state index >= 15 is 0 Å². The predicted octanol–water partition coefficient (Wildman–Crippen LogP) is 3.40. The SMILES string of the molecule is COc1cc(C=C(NC(C)=O)C(=O)O)cc(Cl)c1OCc1ccc([N+](=O)[O-])cc1. The maximum atomic E-state index is 11.3. The first-order valence-corrected chi connectivity index (χ1v) is 8.55. The molecule has 0 heterocycles. The molecule has 2 N–H and O–H groups in total. The number of rotatable bonds is 8. The number of benzene rings is 2. The van der Waals surface area contributed by atoms with Gasteiger partial charge in [0.1, 0.15) is 12.3 Å². The van der Waals surface area contributed by atoms with E-state index in [9.17, 15) is 24.8 Å². The molecule has 29 heavy (non-hydrogen) atoms. The van der Waals surface area contributed by atoms with Gasteiger partial charge in [-0.2, -0.15) is 0 Å². The highest BCUT2D eigenvalue weighted by Gasteiger charge is 2.15. The van der Waals surface area contributed by atoms with E-state index in [1.54, 1.807) is 12.1 Å². The van der Waals surface area contributed by atoms with E-state index in [0.29, 0.717) is 11.1 Å². The largest absolute Gasteiger partial charge is 0.493 e. The minimum atomic E-state index is -1.31. The molecule has 1 amide bonds. The summed E-state index contributed by atoms with van der Waals surface area (Å²) in [5, 5.41) is 22.3. The van der Waals surface area contributed by atoms with E-state index in [1.165, 1.54) is 44.4 Å². The van der Waals surface area contributed by atoms with Crippen molar-refractivity contribution in [2.75, 3.05) is 7.11 Å². The van der Waals surface area contributed by atoms with E-state index in [1.807, 2.05) is 0 Å². The van der Waals surface area contributed by atoms with Crippen molar-refractivity contribution in [1.29, 1.82) is 0 Å². The van der Waals surface area contributed by atoms with Gasteiger partial charge in [0.2, 0.25) is 5.91 Å². The van der Waals surface area contributed by atoms with Crippen LogP contribution < -0.4 is 14.8 Å². The Morgan fingerprint density at radius 3 is 2.45 bits per heavy atom. The van der Waals surface area contributed by atoms with Crippen LogP contribution in [0.5, 0.6) is 11.5 Å². The summed E-state index contributed by atoms with van der Waals surface area (Å²) in [5.41, 5.74) is 0.696. The van der Waals surface area contributed by atoms with Gasteiger partial charge in [-0.15, -0.1) is 0 Å². The number of carboxylic acids is 1. The molecule has 0 aromatic heterocycles. The molecule has 0 aliphatic rings. The Labute approximate surface area is 170 Å². The van der Waals surface area contributed by atoms with Gasteiger partial charge in [0, 0.05) is 19.1 Å². The molecule has 0 saturated heterocycles. The van der Waals surface area contributed by atoms with Crippen molar-refractivity contribution in [2.24, 2.45) is 0 Å². The standard InChI is InChI=1S/C19H17ClN2O7/c1-11(23)21-16(19(24)25)8-13-7-15(20)18(17(9-13)28-2)29-10-12-3-5-14(6-4-12)22(26)27/h3-9H,10H2,1-2H3,(H,21,23)(H,24,25). The minimum absolute atomic E-state index is 0.0334. The molecular weight excluding hydrogens is 404 g/mol. The van der Waals surface area contributed by atoms with Crippen LogP contribution in [0, 0.1) is 10.1 Å². The number of nitro groups is 1. The summed E-state index contributed by atoms with van der Waals surface area (Å²) in [6.07, 6.45) is 1.23. The lowest BCUT2D eigenvalue weighted by Gasteiger charge is -2.14. The fourth-order valence-corrected chi connectivity index (χ4v) is 2.61. The molecule has 0 bridgehead atoms. The zero-order valence-corrected chi connectivity index (χ0v) is 16.2. The van der Waals surface area contributed by atoms with E-state index in [0.717, 1.165) is 0 Å².